The first kappa shape index (κ1) is 30.2. The third-order valence-electron chi connectivity index (χ3n) is 7.43. The number of carbonyl (C=O) groups excluding carboxylic acids is 1. The number of ether oxygens (including phenoxy) is 1. The summed E-state index contributed by atoms with van der Waals surface area (Å²) in [6.07, 6.45) is 2.92. The van der Waals surface area contributed by atoms with Gasteiger partial charge in [0.05, 0.1) is 6.10 Å². The molecule has 0 aliphatic heterocycles. The van der Waals surface area contributed by atoms with Crippen LogP contribution < -0.4 is 10.1 Å². The lowest BCUT2D eigenvalue weighted by Gasteiger charge is -2.33. The molecule has 0 spiro atoms. The monoisotopic (exact) mass is 533 g/mol. The summed E-state index contributed by atoms with van der Waals surface area (Å²) >= 11 is 0. The third-order valence-corrected chi connectivity index (χ3v) is 7.43. The molecule has 1 amide bonds. The lowest BCUT2D eigenvalue weighted by molar-refractivity contribution is -0.135. The molecule has 6 nitrogen and oxygen atoms in total. The molecule has 3 aromatic carbocycles. The minimum absolute atomic E-state index is 0.245. The van der Waals surface area contributed by atoms with E-state index in [1.807, 2.05) is 45.9 Å². The number of aliphatic carboxylic acids is 1. The number of amides is 1. The average Bonchev–Trinajstić information content (AvgIpc) is 2.90. The van der Waals surface area contributed by atoms with Crippen molar-refractivity contribution in [2.45, 2.75) is 85.4 Å². The van der Waals surface area contributed by atoms with E-state index in [-0.39, 0.29) is 11.5 Å². The van der Waals surface area contributed by atoms with Crippen molar-refractivity contribution < 1.29 is 24.5 Å². The largest absolute Gasteiger partial charge is 0.487 e. The second kappa shape index (κ2) is 13.1. The standard InChI is InChI=1S/C33H43NO5/c1-7-23(24-12-13-26-19-27(15-14-25(26)18-24)32(38)34-20-30(35)36)11-9-22-10-16-29(21(3)17-22)39-28(8-2)31(37)33(4,5)6/h10,12-19,23,28,31,37H,7-9,11,20H2,1-6H3,(H,34,38)(H,35,36). The van der Waals surface area contributed by atoms with Gasteiger partial charge in [0.2, 0.25) is 0 Å². The second-order valence-corrected chi connectivity index (χ2v) is 11.5. The maximum atomic E-state index is 12.2. The number of hydrogen-bond donors (Lipinski definition) is 3. The summed E-state index contributed by atoms with van der Waals surface area (Å²) < 4.78 is 6.24. The molecule has 0 bridgehead atoms. The highest BCUT2D eigenvalue weighted by molar-refractivity contribution is 5.99. The van der Waals surface area contributed by atoms with Gasteiger partial charge < -0.3 is 20.3 Å². The molecule has 6 heteroatoms. The Bertz CT molecular complexity index is 1290. The molecule has 3 atom stereocenters. The minimum atomic E-state index is -1.07. The first-order valence-electron chi connectivity index (χ1n) is 13.9. The van der Waals surface area contributed by atoms with E-state index in [1.165, 1.54) is 11.1 Å². The molecule has 3 N–H and O–H groups in total. The van der Waals surface area contributed by atoms with E-state index in [0.29, 0.717) is 11.5 Å². The van der Waals surface area contributed by atoms with Gasteiger partial charge >= 0.3 is 5.97 Å². The Labute approximate surface area is 232 Å². The Morgan fingerprint density at radius 3 is 2.26 bits per heavy atom. The molecule has 0 aliphatic carbocycles. The van der Waals surface area contributed by atoms with Crippen molar-refractivity contribution in [2.24, 2.45) is 5.41 Å². The fourth-order valence-electron chi connectivity index (χ4n) is 4.96. The zero-order valence-electron chi connectivity index (χ0n) is 24.1. The first-order chi connectivity index (χ1) is 18.4. The number of aliphatic hydroxyl groups excluding tert-OH is 1. The predicted octanol–water partition coefficient (Wildman–Crippen LogP) is 6.65. The van der Waals surface area contributed by atoms with Crippen LogP contribution in [0, 0.1) is 12.3 Å². The molecule has 210 valence electrons. The van der Waals surface area contributed by atoms with Crippen LogP contribution in [0.2, 0.25) is 0 Å². The zero-order valence-corrected chi connectivity index (χ0v) is 24.1. The van der Waals surface area contributed by atoms with Gasteiger partial charge in [-0.1, -0.05) is 71.0 Å². The Morgan fingerprint density at radius 2 is 1.64 bits per heavy atom. The van der Waals surface area contributed by atoms with E-state index in [1.54, 1.807) is 12.1 Å². The number of aryl methyl sites for hydroxylation is 2. The van der Waals surface area contributed by atoms with Crippen LogP contribution in [0.1, 0.15) is 86.8 Å². The van der Waals surface area contributed by atoms with Gasteiger partial charge in [-0.05, 0) is 89.6 Å². The molecule has 0 aromatic heterocycles. The van der Waals surface area contributed by atoms with Crippen molar-refractivity contribution in [1.29, 1.82) is 0 Å². The van der Waals surface area contributed by atoms with Crippen LogP contribution in [-0.2, 0) is 11.2 Å². The van der Waals surface area contributed by atoms with Gasteiger partial charge in [0.15, 0.2) is 0 Å². The fraction of sp³-hybridized carbons (Fsp3) is 0.455. The van der Waals surface area contributed by atoms with Crippen LogP contribution in [0.15, 0.2) is 54.6 Å². The van der Waals surface area contributed by atoms with Crippen molar-refractivity contribution in [3.63, 3.8) is 0 Å². The molecular weight excluding hydrogens is 490 g/mol. The van der Waals surface area contributed by atoms with Crippen LogP contribution in [0.5, 0.6) is 5.75 Å². The van der Waals surface area contributed by atoms with Crippen LogP contribution in [0.3, 0.4) is 0 Å². The van der Waals surface area contributed by atoms with Crippen LogP contribution in [-0.4, -0.2) is 40.8 Å². The van der Waals surface area contributed by atoms with Crippen molar-refractivity contribution in [2.75, 3.05) is 6.54 Å². The highest BCUT2D eigenvalue weighted by Gasteiger charge is 2.31. The van der Waals surface area contributed by atoms with Crippen molar-refractivity contribution in [3.05, 3.63) is 76.9 Å². The summed E-state index contributed by atoms with van der Waals surface area (Å²) in [5.41, 5.74) is 3.82. The minimum Gasteiger partial charge on any atom is -0.487 e. The van der Waals surface area contributed by atoms with Crippen molar-refractivity contribution in [3.8, 4) is 5.75 Å². The lowest BCUT2D eigenvalue weighted by Crippen LogP contribution is -2.41. The third kappa shape index (κ3) is 8.06. The summed E-state index contributed by atoms with van der Waals surface area (Å²) in [5, 5.41) is 23.9. The molecule has 0 heterocycles. The van der Waals surface area contributed by atoms with Gasteiger partial charge in [0.25, 0.3) is 5.91 Å². The molecule has 39 heavy (non-hydrogen) atoms. The Morgan fingerprint density at radius 1 is 0.949 bits per heavy atom. The fourth-order valence-corrected chi connectivity index (χ4v) is 4.96. The first-order valence-corrected chi connectivity index (χ1v) is 13.9. The number of benzene rings is 3. The Balaban J connectivity index is 1.67. The maximum Gasteiger partial charge on any atom is 0.322 e. The molecule has 0 saturated heterocycles. The highest BCUT2D eigenvalue weighted by atomic mass is 16.5. The number of hydrogen-bond acceptors (Lipinski definition) is 4. The molecule has 3 rings (SSSR count). The number of nitrogens with one attached hydrogen (secondary N) is 1. The number of rotatable bonds is 12. The van der Waals surface area contributed by atoms with E-state index < -0.39 is 24.5 Å². The number of aliphatic hydroxyl groups is 1. The summed E-state index contributed by atoms with van der Waals surface area (Å²) in [7, 11) is 0. The number of carboxylic acids is 1. The molecule has 3 aromatic rings. The van der Waals surface area contributed by atoms with Crippen molar-refractivity contribution in [1.82, 2.24) is 5.32 Å². The van der Waals surface area contributed by atoms with Gasteiger partial charge in [0.1, 0.15) is 18.4 Å². The topological polar surface area (TPSA) is 95.9 Å². The highest BCUT2D eigenvalue weighted by Crippen LogP contribution is 2.31. The smallest absolute Gasteiger partial charge is 0.322 e. The van der Waals surface area contributed by atoms with E-state index in [0.717, 1.165) is 47.8 Å². The molecule has 0 aliphatic rings. The van der Waals surface area contributed by atoms with Gasteiger partial charge in [-0.15, -0.1) is 0 Å². The van der Waals surface area contributed by atoms with Gasteiger partial charge in [0, 0.05) is 5.56 Å². The lowest BCUT2D eigenvalue weighted by atomic mass is 9.85. The SMILES string of the molecule is CCC(CCc1ccc(OC(CC)C(O)C(C)(C)C)c(C)c1)c1ccc2cc(C(=O)NCC(=O)O)ccc2c1. The van der Waals surface area contributed by atoms with Crippen molar-refractivity contribution >= 4 is 22.6 Å². The quantitative estimate of drug-likeness (QED) is 0.242. The summed E-state index contributed by atoms with van der Waals surface area (Å²) in [4.78, 5) is 22.9. The maximum absolute atomic E-state index is 12.2. The van der Waals surface area contributed by atoms with E-state index in [2.05, 4.69) is 43.4 Å². The Hall–Kier alpha value is -3.38. The number of carbonyl (C=O) groups is 2. The van der Waals surface area contributed by atoms with Gasteiger partial charge in [-0.25, -0.2) is 0 Å². The second-order valence-electron chi connectivity index (χ2n) is 11.5. The van der Waals surface area contributed by atoms with E-state index in [4.69, 9.17) is 9.84 Å². The summed E-state index contributed by atoms with van der Waals surface area (Å²) in [6, 6.07) is 18.2. The molecule has 0 radical (unpaired) electrons. The molecular formula is C33H43NO5. The summed E-state index contributed by atoms with van der Waals surface area (Å²) in [5.74, 6) is -0.237. The number of fused-ring (bicyclic) bond motifs is 1. The Kier molecular flexibility index (Phi) is 10.1. The van der Waals surface area contributed by atoms with E-state index in [9.17, 15) is 14.7 Å². The number of carboxylic acid groups (broad SMARTS) is 1. The molecule has 3 unspecified atom stereocenters. The normalized spacial score (nSPS) is 14.0. The van der Waals surface area contributed by atoms with Gasteiger partial charge in [-0.2, -0.15) is 0 Å². The van der Waals surface area contributed by atoms with Crippen LogP contribution >= 0.6 is 0 Å². The molecule has 0 fully saturated rings. The van der Waals surface area contributed by atoms with Crippen LogP contribution in [0.4, 0.5) is 0 Å². The summed E-state index contributed by atoms with van der Waals surface area (Å²) in [6.45, 7) is 12.0. The molecule has 0 saturated carbocycles. The zero-order chi connectivity index (χ0) is 28.7. The van der Waals surface area contributed by atoms with Crippen LogP contribution in [0.25, 0.3) is 10.8 Å². The average molecular weight is 534 g/mol. The van der Waals surface area contributed by atoms with Gasteiger partial charge in [-0.3, -0.25) is 9.59 Å². The predicted molar refractivity (Wildman–Crippen MR) is 157 cm³/mol. The van der Waals surface area contributed by atoms with E-state index >= 15 is 0 Å².